The minimum Gasteiger partial charge on any atom is -0.392 e. The summed E-state index contributed by atoms with van der Waals surface area (Å²) in [5.74, 6) is 0.647. The first kappa shape index (κ1) is 17.2. The lowest BCUT2D eigenvalue weighted by atomic mass is 10.1. The monoisotopic (exact) mass is 360 g/mol. The van der Waals surface area contributed by atoms with E-state index in [1.807, 2.05) is 60.4 Å². The largest absolute Gasteiger partial charge is 0.392 e. The molecule has 0 bridgehead atoms. The number of aliphatic hydroxyl groups excluding tert-OH is 1. The summed E-state index contributed by atoms with van der Waals surface area (Å²) in [4.78, 5) is 25.5. The third-order valence-corrected chi connectivity index (χ3v) is 4.87. The average molecular weight is 360 g/mol. The zero-order chi connectivity index (χ0) is 18.8. The summed E-state index contributed by atoms with van der Waals surface area (Å²) in [6.45, 7) is 2.46. The van der Waals surface area contributed by atoms with E-state index >= 15 is 0 Å². The van der Waals surface area contributed by atoms with E-state index in [4.69, 9.17) is 0 Å². The number of hydrogen-bond donors (Lipinski definition) is 1. The summed E-state index contributed by atoms with van der Waals surface area (Å²) in [6, 6.07) is 14.8. The molecule has 136 valence electrons. The van der Waals surface area contributed by atoms with Gasteiger partial charge in [0.2, 0.25) is 0 Å². The van der Waals surface area contributed by atoms with Crippen LogP contribution >= 0.6 is 0 Å². The lowest BCUT2D eigenvalue weighted by Gasteiger charge is -2.39. The van der Waals surface area contributed by atoms with Crippen molar-refractivity contribution in [1.82, 2.24) is 14.9 Å². The summed E-state index contributed by atoms with van der Waals surface area (Å²) < 4.78 is 0. The van der Waals surface area contributed by atoms with Crippen molar-refractivity contribution in [2.45, 2.75) is 26.1 Å². The van der Waals surface area contributed by atoms with Crippen molar-refractivity contribution in [3.8, 4) is 0 Å². The first-order valence-corrected chi connectivity index (χ1v) is 8.83. The number of rotatable bonds is 4. The zero-order valence-electron chi connectivity index (χ0n) is 15.0. The number of aliphatic hydroxyl groups is 1. The van der Waals surface area contributed by atoms with Crippen LogP contribution < -0.4 is 4.90 Å². The summed E-state index contributed by atoms with van der Waals surface area (Å²) in [5.41, 5.74) is 3.48. The SMILES string of the molecule is CC(c1cccnc1)N1Cc2cccnc2N(c2ccc(CO)cc2)C1=O. The van der Waals surface area contributed by atoms with Gasteiger partial charge in [0.05, 0.1) is 24.9 Å². The zero-order valence-corrected chi connectivity index (χ0v) is 15.0. The van der Waals surface area contributed by atoms with Crippen molar-refractivity contribution in [1.29, 1.82) is 0 Å². The van der Waals surface area contributed by atoms with Crippen molar-refractivity contribution < 1.29 is 9.90 Å². The Morgan fingerprint density at radius 2 is 1.89 bits per heavy atom. The predicted molar refractivity (Wildman–Crippen MR) is 102 cm³/mol. The van der Waals surface area contributed by atoms with E-state index in [-0.39, 0.29) is 18.7 Å². The Kier molecular flexibility index (Phi) is 4.56. The molecule has 1 aromatic carbocycles. The molecular weight excluding hydrogens is 340 g/mol. The van der Waals surface area contributed by atoms with Crippen molar-refractivity contribution in [3.05, 3.63) is 83.8 Å². The molecule has 3 aromatic rings. The van der Waals surface area contributed by atoms with E-state index in [9.17, 15) is 9.90 Å². The Labute approximate surface area is 157 Å². The maximum atomic E-state index is 13.4. The second kappa shape index (κ2) is 7.17. The fraction of sp³-hybridized carbons (Fsp3) is 0.190. The van der Waals surface area contributed by atoms with Crippen LogP contribution in [0.15, 0.2) is 67.1 Å². The van der Waals surface area contributed by atoms with Gasteiger partial charge in [-0.25, -0.2) is 14.7 Å². The highest BCUT2D eigenvalue weighted by molar-refractivity contribution is 6.00. The number of pyridine rings is 2. The highest BCUT2D eigenvalue weighted by atomic mass is 16.3. The van der Waals surface area contributed by atoms with E-state index in [0.717, 1.165) is 22.4 Å². The summed E-state index contributed by atoms with van der Waals surface area (Å²) in [7, 11) is 0. The summed E-state index contributed by atoms with van der Waals surface area (Å²) >= 11 is 0. The van der Waals surface area contributed by atoms with Crippen LogP contribution in [0.25, 0.3) is 0 Å². The first-order valence-electron chi connectivity index (χ1n) is 8.83. The van der Waals surface area contributed by atoms with Gasteiger partial charge in [0.25, 0.3) is 0 Å². The van der Waals surface area contributed by atoms with Crippen LogP contribution in [-0.4, -0.2) is 26.0 Å². The number of carbonyl (C=O) groups excluding carboxylic acids is 1. The number of nitrogens with zero attached hydrogens (tertiary/aromatic N) is 4. The second-order valence-electron chi connectivity index (χ2n) is 6.52. The van der Waals surface area contributed by atoms with Crippen LogP contribution in [0.2, 0.25) is 0 Å². The van der Waals surface area contributed by atoms with Crippen molar-refractivity contribution in [3.63, 3.8) is 0 Å². The molecular formula is C21H20N4O2. The Morgan fingerprint density at radius 1 is 1.11 bits per heavy atom. The minimum atomic E-state index is -0.130. The molecule has 4 rings (SSSR count). The summed E-state index contributed by atoms with van der Waals surface area (Å²) in [5, 5.41) is 9.28. The van der Waals surface area contributed by atoms with Crippen molar-refractivity contribution in [2.24, 2.45) is 0 Å². The van der Waals surface area contributed by atoms with Crippen LogP contribution in [0, 0.1) is 0 Å². The highest BCUT2D eigenvalue weighted by Gasteiger charge is 2.35. The molecule has 1 N–H and O–H groups in total. The number of urea groups is 1. The molecule has 0 saturated carbocycles. The maximum Gasteiger partial charge on any atom is 0.331 e. The van der Waals surface area contributed by atoms with Crippen LogP contribution in [0.1, 0.15) is 29.7 Å². The van der Waals surface area contributed by atoms with Gasteiger partial charge < -0.3 is 10.0 Å². The number of hydrogen-bond acceptors (Lipinski definition) is 4. The van der Waals surface area contributed by atoms with Gasteiger partial charge in [0.1, 0.15) is 5.82 Å². The molecule has 0 spiro atoms. The van der Waals surface area contributed by atoms with Gasteiger partial charge >= 0.3 is 6.03 Å². The molecule has 1 aliphatic heterocycles. The molecule has 0 saturated heterocycles. The Bertz CT molecular complexity index is 944. The lowest BCUT2D eigenvalue weighted by molar-refractivity contribution is 0.180. The average Bonchev–Trinajstić information content (AvgIpc) is 2.73. The van der Waals surface area contributed by atoms with Gasteiger partial charge in [-0.15, -0.1) is 0 Å². The molecule has 1 atom stereocenters. The predicted octanol–water partition coefficient (Wildman–Crippen LogP) is 3.80. The van der Waals surface area contributed by atoms with Crippen molar-refractivity contribution >= 4 is 17.5 Å². The number of anilines is 2. The molecule has 1 unspecified atom stereocenters. The standard InChI is InChI=1S/C21H20N4O2/c1-15(17-4-2-10-22-12-17)24-13-18-5-3-11-23-20(18)25(21(24)27)19-8-6-16(14-26)7-9-19/h2-12,15,26H,13-14H2,1H3. The molecule has 0 fully saturated rings. The maximum absolute atomic E-state index is 13.4. The Hall–Kier alpha value is -3.25. The van der Waals surface area contributed by atoms with Crippen LogP contribution in [0.3, 0.4) is 0 Å². The van der Waals surface area contributed by atoms with Crippen LogP contribution in [-0.2, 0) is 13.2 Å². The number of carbonyl (C=O) groups is 1. The molecule has 2 aromatic heterocycles. The quantitative estimate of drug-likeness (QED) is 0.768. The van der Waals surface area contributed by atoms with Crippen LogP contribution in [0.5, 0.6) is 0 Å². The molecule has 6 heteroatoms. The molecule has 0 radical (unpaired) electrons. The van der Waals surface area contributed by atoms with Crippen molar-refractivity contribution in [2.75, 3.05) is 4.90 Å². The number of fused-ring (bicyclic) bond motifs is 1. The number of amides is 2. The van der Waals surface area contributed by atoms with Gasteiger partial charge in [-0.3, -0.25) is 4.98 Å². The topological polar surface area (TPSA) is 69.6 Å². The van der Waals surface area contributed by atoms with E-state index in [1.165, 1.54) is 0 Å². The fourth-order valence-corrected chi connectivity index (χ4v) is 3.31. The number of benzene rings is 1. The molecule has 0 aliphatic carbocycles. The van der Waals surface area contributed by atoms with Gasteiger partial charge in [-0.05, 0) is 42.3 Å². The molecule has 27 heavy (non-hydrogen) atoms. The van der Waals surface area contributed by atoms with E-state index in [1.54, 1.807) is 23.5 Å². The first-order chi connectivity index (χ1) is 13.2. The molecule has 3 heterocycles. The molecule has 6 nitrogen and oxygen atoms in total. The number of aromatic nitrogens is 2. The highest BCUT2D eigenvalue weighted by Crippen LogP contribution is 2.36. The molecule has 1 aliphatic rings. The Morgan fingerprint density at radius 3 is 2.59 bits per heavy atom. The van der Waals surface area contributed by atoms with Gasteiger partial charge in [0.15, 0.2) is 0 Å². The summed E-state index contributed by atoms with van der Waals surface area (Å²) in [6.07, 6.45) is 5.21. The second-order valence-corrected chi connectivity index (χ2v) is 6.52. The molecule has 2 amide bonds. The lowest BCUT2D eigenvalue weighted by Crippen LogP contribution is -2.46. The normalized spacial score (nSPS) is 14.8. The van der Waals surface area contributed by atoms with Gasteiger partial charge in [0, 0.05) is 24.2 Å². The smallest absolute Gasteiger partial charge is 0.331 e. The van der Waals surface area contributed by atoms with E-state index < -0.39 is 0 Å². The van der Waals surface area contributed by atoms with Gasteiger partial charge in [-0.2, -0.15) is 0 Å². The van der Waals surface area contributed by atoms with Crippen LogP contribution in [0.4, 0.5) is 16.3 Å². The Balaban J connectivity index is 1.76. The third-order valence-electron chi connectivity index (χ3n) is 4.87. The minimum absolute atomic E-state index is 0.0345. The fourth-order valence-electron chi connectivity index (χ4n) is 3.31. The third kappa shape index (κ3) is 3.15. The van der Waals surface area contributed by atoms with E-state index in [0.29, 0.717) is 12.4 Å². The van der Waals surface area contributed by atoms with E-state index in [2.05, 4.69) is 9.97 Å². The van der Waals surface area contributed by atoms with Gasteiger partial charge in [-0.1, -0.05) is 24.3 Å².